The number of piperidine rings is 1. The van der Waals surface area contributed by atoms with Gasteiger partial charge in [-0.15, -0.1) is 0 Å². The van der Waals surface area contributed by atoms with Crippen molar-refractivity contribution in [1.82, 2.24) is 4.90 Å². The first kappa shape index (κ1) is 15.1. The molecule has 0 bridgehead atoms. The van der Waals surface area contributed by atoms with Gasteiger partial charge in [-0.1, -0.05) is 24.3 Å². The summed E-state index contributed by atoms with van der Waals surface area (Å²) in [4.78, 5) is 25.5. The zero-order valence-electron chi connectivity index (χ0n) is 12.8. The first-order valence-corrected chi connectivity index (χ1v) is 8.24. The first-order valence-electron chi connectivity index (χ1n) is 8.24. The quantitative estimate of drug-likeness (QED) is 0.933. The Morgan fingerprint density at radius 3 is 2.68 bits per heavy atom. The maximum absolute atomic E-state index is 12.6. The van der Waals surface area contributed by atoms with E-state index in [1.807, 2.05) is 6.07 Å². The van der Waals surface area contributed by atoms with E-state index in [0.717, 1.165) is 32.1 Å². The van der Waals surface area contributed by atoms with Gasteiger partial charge in [-0.2, -0.15) is 0 Å². The Labute approximate surface area is 131 Å². The van der Waals surface area contributed by atoms with Crippen molar-refractivity contribution in [3.8, 4) is 0 Å². The molecule has 2 atom stereocenters. The van der Waals surface area contributed by atoms with E-state index in [9.17, 15) is 14.7 Å². The van der Waals surface area contributed by atoms with E-state index in [4.69, 9.17) is 0 Å². The molecule has 0 spiro atoms. The number of amides is 1. The molecule has 22 heavy (non-hydrogen) atoms. The molecule has 1 aromatic rings. The fourth-order valence-electron chi connectivity index (χ4n) is 3.80. The Morgan fingerprint density at radius 1 is 1.14 bits per heavy atom. The van der Waals surface area contributed by atoms with Crippen molar-refractivity contribution in [2.45, 2.75) is 51.0 Å². The lowest BCUT2D eigenvalue weighted by molar-refractivity contribution is -0.152. The van der Waals surface area contributed by atoms with Gasteiger partial charge in [0.05, 0.1) is 0 Å². The Morgan fingerprint density at radius 2 is 1.91 bits per heavy atom. The Kier molecular flexibility index (Phi) is 4.46. The summed E-state index contributed by atoms with van der Waals surface area (Å²) in [7, 11) is 0. The van der Waals surface area contributed by atoms with Gasteiger partial charge in [0.25, 0.3) is 0 Å². The van der Waals surface area contributed by atoms with Crippen molar-refractivity contribution in [2.24, 2.45) is 5.92 Å². The van der Waals surface area contributed by atoms with E-state index in [1.165, 1.54) is 11.1 Å². The summed E-state index contributed by atoms with van der Waals surface area (Å²) in [5, 5.41) is 9.30. The number of benzene rings is 1. The van der Waals surface area contributed by atoms with Gasteiger partial charge in [-0.3, -0.25) is 4.79 Å². The molecule has 1 heterocycles. The molecular formula is C18H23NO3. The van der Waals surface area contributed by atoms with Crippen molar-refractivity contribution >= 4 is 11.9 Å². The lowest BCUT2D eigenvalue weighted by atomic mass is 9.82. The minimum atomic E-state index is -0.859. The van der Waals surface area contributed by atoms with Gasteiger partial charge in [-0.25, -0.2) is 4.79 Å². The summed E-state index contributed by atoms with van der Waals surface area (Å²) >= 11 is 0. The van der Waals surface area contributed by atoms with E-state index in [2.05, 4.69) is 18.2 Å². The predicted octanol–water partition coefficient (Wildman–Crippen LogP) is 2.65. The lowest BCUT2D eigenvalue weighted by Crippen LogP contribution is -2.48. The van der Waals surface area contributed by atoms with Crippen LogP contribution < -0.4 is 0 Å². The van der Waals surface area contributed by atoms with Crippen LogP contribution in [0.25, 0.3) is 0 Å². The van der Waals surface area contributed by atoms with Crippen molar-refractivity contribution in [3.05, 3.63) is 35.4 Å². The van der Waals surface area contributed by atoms with Gasteiger partial charge in [0.1, 0.15) is 6.04 Å². The van der Waals surface area contributed by atoms with Gasteiger partial charge in [0.15, 0.2) is 0 Å². The van der Waals surface area contributed by atoms with E-state index >= 15 is 0 Å². The van der Waals surface area contributed by atoms with Gasteiger partial charge in [-0.05, 0) is 55.6 Å². The van der Waals surface area contributed by atoms with E-state index in [1.54, 1.807) is 4.90 Å². The molecule has 4 heteroatoms. The molecule has 1 aromatic carbocycles. The number of carbonyl (C=O) groups is 2. The fourth-order valence-corrected chi connectivity index (χ4v) is 3.80. The molecule has 1 saturated heterocycles. The predicted molar refractivity (Wildman–Crippen MR) is 83.6 cm³/mol. The largest absolute Gasteiger partial charge is 0.480 e. The third-order valence-corrected chi connectivity index (χ3v) is 5.02. The summed E-state index contributed by atoms with van der Waals surface area (Å²) in [6, 6.07) is 7.81. The fraction of sp³-hybridized carbons (Fsp3) is 0.556. The first-order chi connectivity index (χ1) is 10.6. The second kappa shape index (κ2) is 6.51. The normalized spacial score (nSPS) is 24.6. The molecule has 0 radical (unpaired) electrons. The van der Waals surface area contributed by atoms with Crippen LogP contribution in [0.5, 0.6) is 0 Å². The molecule has 1 unspecified atom stereocenters. The number of likely N-dealkylation sites (tertiary alicyclic amines) is 1. The van der Waals surface area contributed by atoms with E-state index in [0.29, 0.717) is 25.3 Å². The molecule has 0 aromatic heterocycles. The van der Waals surface area contributed by atoms with Crippen molar-refractivity contribution in [3.63, 3.8) is 0 Å². The van der Waals surface area contributed by atoms with Crippen molar-refractivity contribution in [1.29, 1.82) is 0 Å². The second-order valence-corrected chi connectivity index (χ2v) is 6.52. The molecule has 4 nitrogen and oxygen atoms in total. The van der Waals surface area contributed by atoms with Crippen LogP contribution in [0.15, 0.2) is 24.3 Å². The number of carbonyl (C=O) groups excluding carboxylic acids is 1. The molecule has 118 valence electrons. The number of hydrogen-bond acceptors (Lipinski definition) is 2. The van der Waals surface area contributed by atoms with Gasteiger partial charge in [0.2, 0.25) is 5.91 Å². The van der Waals surface area contributed by atoms with E-state index in [-0.39, 0.29) is 5.91 Å². The van der Waals surface area contributed by atoms with Gasteiger partial charge < -0.3 is 10.0 Å². The van der Waals surface area contributed by atoms with Crippen molar-refractivity contribution < 1.29 is 14.7 Å². The number of hydrogen-bond donors (Lipinski definition) is 1. The molecule has 1 N–H and O–H groups in total. The smallest absolute Gasteiger partial charge is 0.326 e. The zero-order valence-corrected chi connectivity index (χ0v) is 12.8. The topological polar surface area (TPSA) is 57.6 Å². The zero-order chi connectivity index (χ0) is 15.5. The van der Waals surface area contributed by atoms with Crippen molar-refractivity contribution in [2.75, 3.05) is 6.54 Å². The van der Waals surface area contributed by atoms with Crippen LogP contribution in [0.2, 0.25) is 0 Å². The van der Waals surface area contributed by atoms with Crippen LogP contribution >= 0.6 is 0 Å². The highest BCUT2D eigenvalue weighted by atomic mass is 16.4. The van der Waals surface area contributed by atoms with Gasteiger partial charge in [0, 0.05) is 13.0 Å². The summed E-state index contributed by atoms with van der Waals surface area (Å²) in [5.74, 6) is -0.489. The summed E-state index contributed by atoms with van der Waals surface area (Å²) in [6.45, 7) is 0.596. The number of aryl methyl sites for hydroxylation is 1. The van der Waals surface area contributed by atoms with Crippen LogP contribution in [0.1, 0.15) is 43.2 Å². The standard InChI is InChI=1S/C18H23NO3/c20-17(19-10-4-3-7-16(19)18(21)22)12-13-8-9-14-5-1-2-6-15(14)11-13/h1-2,5-6,13,16H,3-4,7-12H2,(H,21,22)/t13?,16-/m1/s1. The third-order valence-electron chi connectivity index (χ3n) is 5.02. The summed E-state index contributed by atoms with van der Waals surface area (Å²) in [5.41, 5.74) is 2.74. The Balaban J connectivity index is 1.63. The molecule has 2 aliphatic rings. The molecule has 0 saturated carbocycles. The maximum atomic E-state index is 12.6. The number of rotatable bonds is 3. The van der Waals surface area contributed by atoms with Gasteiger partial charge >= 0.3 is 5.97 Å². The minimum absolute atomic E-state index is 0.0245. The number of fused-ring (bicyclic) bond motifs is 1. The minimum Gasteiger partial charge on any atom is -0.480 e. The molecular weight excluding hydrogens is 278 g/mol. The lowest BCUT2D eigenvalue weighted by Gasteiger charge is -2.34. The number of carboxylic acids is 1. The monoisotopic (exact) mass is 301 g/mol. The molecule has 1 fully saturated rings. The number of carboxylic acid groups (broad SMARTS) is 1. The summed E-state index contributed by atoms with van der Waals surface area (Å²) in [6.07, 6.45) is 5.88. The second-order valence-electron chi connectivity index (χ2n) is 6.52. The molecule has 1 aliphatic heterocycles. The average Bonchev–Trinajstić information content (AvgIpc) is 2.54. The average molecular weight is 301 g/mol. The number of aliphatic carboxylic acids is 1. The highest BCUT2D eigenvalue weighted by molar-refractivity contribution is 5.84. The van der Waals surface area contributed by atoms with Crippen LogP contribution in [-0.4, -0.2) is 34.5 Å². The van der Waals surface area contributed by atoms with E-state index < -0.39 is 12.0 Å². The SMILES string of the molecule is O=C(O)[C@H]1CCCCN1C(=O)CC1CCc2ccccc2C1. The molecule has 1 amide bonds. The Bertz CT molecular complexity index is 569. The highest BCUT2D eigenvalue weighted by Gasteiger charge is 2.33. The van der Waals surface area contributed by atoms with Crippen LogP contribution in [0.3, 0.4) is 0 Å². The Hall–Kier alpha value is -1.84. The highest BCUT2D eigenvalue weighted by Crippen LogP contribution is 2.29. The van der Waals surface area contributed by atoms with Crippen LogP contribution in [0.4, 0.5) is 0 Å². The molecule has 1 aliphatic carbocycles. The molecule has 3 rings (SSSR count). The van der Waals surface area contributed by atoms with Crippen LogP contribution in [0, 0.1) is 5.92 Å². The third kappa shape index (κ3) is 3.16. The maximum Gasteiger partial charge on any atom is 0.326 e. The number of nitrogens with zero attached hydrogens (tertiary/aromatic N) is 1. The summed E-state index contributed by atoms with van der Waals surface area (Å²) < 4.78 is 0. The van der Waals surface area contributed by atoms with Crippen LogP contribution in [-0.2, 0) is 22.4 Å².